The van der Waals surface area contributed by atoms with Crippen molar-refractivity contribution < 1.29 is 22.8 Å². The van der Waals surface area contributed by atoms with E-state index in [1.165, 1.54) is 37.8 Å². The normalized spacial score (nSPS) is 25.5. The SMILES string of the molecule is CC1C(=O)N(CCC2CCCC2)CC2N(Cc3ccc(C(F)(F)F)c(Cl)c3)CCC(=O)N12. The van der Waals surface area contributed by atoms with E-state index in [9.17, 15) is 22.8 Å². The molecule has 1 saturated carbocycles. The highest BCUT2D eigenvalue weighted by Crippen LogP contribution is 2.36. The van der Waals surface area contributed by atoms with E-state index in [1.54, 1.807) is 11.8 Å². The minimum atomic E-state index is -4.50. The molecule has 176 valence electrons. The number of hydrogen-bond acceptors (Lipinski definition) is 3. The van der Waals surface area contributed by atoms with Gasteiger partial charge in [-0.15, -0.1) is 0 Å². The standard InChI is InChI=1S/C23H29ClF3N3O2/c1-15-22(32)29(10-8-16-4-2-3-5-16)14-20-28(11-9-21(31)30(15)20)13-17-6-7-18(19(24)12-17)23(25,26)27/h6-7,12,15-16,20H,2-5,8-11,13-14H2,1H3. The maximum absolute atomic E-state index is 13.0. The average molecular weight is 472 g/mol. The lowest BCUT2D eigenvalue weighted by Crippen LogP contribution is -2.69. The number of piperazine rings is 1. The molecule has 2 unspecified atom stereocenters. The van der Waals surface area contributed by atoms with Crippen molar-refractivity contribution in [3.63, 3.8) is 0 Å². The Balaban J connectivity index is 1.50. The number of halogens is 4. The van der Waals surface area contributed by atoms with Gasteiger partial charge in [-0.3, -0.25) is 14.5 Å². The zero-order valence-corrected chi connectivity index (χ0v) is 19.0. The molecule has 2 atom stereocenters. The first kappa shape index (κ1) is 23.4. The van der Waals surface area contributed by atoms with Gasteiger partial charge in [0.2, 0.25) is 11.8 Å². The number of nitrogens with zero attached hydrogens (tertiary/aromatic N) is 3. The molecule has 3 fully saturated rings. The molecule has 4 rings (SSSR count). The maximum atomic E-state index is 13.0. The van der Waals surface area contributed by atoms with E-state index in [2.05, 4.69) is 4.90 Å². The summed E-state index contributed by atoms with van der Waals surface area (Å²) in [5.41, 5.74) is -0.201. The van der Waals surface area contributed by atoms with Gasteiger partial charge < -0.3 is 9.80 Å². The number of hydrogen-bond donors (Lipinski definition) is 0. The Kier molecular flexibility index (Phi) is 6.73. The summed E-state index contributed by atoms with van der Waals surface area (Å²) in [4.78, 5) is 31.2. The van der Waals surface area contributed by atoms with Crippen molar-refractivity contribution in [2.75, 3.05) is 19.6 Å². The molecule has 2 saturated heterocycles. The van der Waals surface area contributed by atoms with E-state index in [4.69, 9.17) is 11.6 Å². The molecule has 0 aromatic heterocycles. The number of carbonyl (C=O) groups is 2. The number of benzene rings is 1. The van der Waals surface area contributed by atoms with Gasteiger partial charge in [0.1, 0.15) is 12.2 Å². The Hall–Kier alpha value is -1.80. The molecule has 2 aliphatic heterocycles. The first-order chi connectivity index (χ1) is 15.1. The van der Waals surface area contributed by atoms with Crippen LogP contribution in [0, 0.1) is 5.92 Å². The van der Waals surface area contributed by atoms with Crippen LogP contribution in [0.15, 0.2) is 18.2 Å². The molecule has 2 heterocycles. The quantitative estimate of drug-likeness (QED) is 0.633. The number of carbonyl (C=O) groups excluding carboxylic acids is 2. The largest absolute Gasteiger partial charge is 0.417 e. The molecule has 1 aliphatic carbocycles. The van der Waals surface area contributed by atoms with Crippen LogP contribution in [-0.4, -0.2) is 58.4 Å². The van der Waals surface area contributed by atoms with Gasteiger partial charge in [-0.2, -0.15) is 13.2 Å². The summed E-state index contributed by atoms with van der Waals surface area (Å²) < 4.78 is 39.1. The Morgan fingerprint density at radius 2 is 1.88 bits per heavy atom. The number of rotatable bonds is 5. The van der Waals surface area contributed by atoms with Gasteiger partial charge in [0.15, 0.2) is 0 Å². The second-order valence-electron chi connectivity index (χ2n) is 9.21. The van der Waals surface area contributed by atoms with Crippen molar-refractivity contribution in [3.05, 3.63) is 34.3 Å². The van der Waals surface area contributed by atoms with Crippen LogP contribution in [-0.2, 0) is 22.3 Å². The van der Waals surface area contributed by atoms with Crippen molar-refractivity contribution in [2.45, 2.75) is 70.4 Å². The molecule has 1 aromatic carbocycles. The lowest BCUT2D eigenvalue weighted by Gasteiger charge is -2.51. The lowest BCUT2D eigenvalue weighted by atomic mass is 10.0. The van der Waals surface area contributed by atoms with Crippen molar-refractivity contribution >= 4 is 23.4 Å². The van der Waals surface area contributed by atoms with Gasteiger partial charge in [-0.05, 0) is 37.0 Å². The summed E-state index contributed by atoms with van der Waals surface area (Å²) >= 11 is 5.91. The van der Waals surface area contributed by atoms with E-state index < -0.39 is 17.8 Å². The van der Waals surface area contributed by atoms with E-state index in [0.29, 0.717) is 37.7 Å². The third-order valence-electron chi connectivity index (χ3n) is 7.12. The Labute approximate surface area is 191 Å². The second-order valence-corrected chi connectivity index (χ2v) is 9.62. The molecular weight excluding hydrogens is 443 g/mol. The first-order valence-corrected chi connectivity index (χ1v) is 11.7. The predicted molar refractivity (Wildman–Crippen MR) is 115 cm³/mol. The number of alkyl halides is 3. The van der Waals surface area contributed by atoms with Crippen molar-refractivity contribution in [1.82, 2.24) is 14.7 Å². The smallest absolute Gasteiger partial charge is 0.337 e. The summed E-state index contributed by atoms with van der Waals surface area (Å²) in [7, 11) is 0. The van der Waals surface area contributed by atoms with Gasteiger partial charge in [-0.1, -0.05) is 43.4 Å². The van der Waals surface area contributed by atoms with Crippen molar-refractivity contribution in [2.24, 2.45) is 5.92 Å². The van der Waals surface area contributed by atoms with Gasteiger partial charge in [0, 0.05) is 26.1 Å². The summed E-state index contributed by atoms with van der Waals surface area (Å²) in [5, 5.41) is -0.328. The Morgan fingerprint density at radius 3 is 2.53 bits per heavy atom. The zero-order chi connectivity index (χ0) is 23.0. The van der Waals surface area contributed by atoms with Crippen LogP contribution in [0.2, 0.25) is 5.02 Å². The van der Waals surface area contributed by atoms with Gasteiger partial charge in [0.25, 0.3) is 0 Å². The fraction of sp³-hybridized carbons (Fsp3) is 0.652. The minimum absolute atomic E-state index is 0.0213. The van der Waals surface area contributed by atoms with Crippen LogP contribution in [0.25, 0.3) is 0 Å². The molecule has 0 N–H and O–H groups in total. The molecular formula is C23H29ClF3N3O2. The fourth-order valence-electron chi connectivity index (χ4n) is 5.35. The van der Waals surface area contributed by atoms with Gasteiger partial charge in [-0.25, -0.2) is 0 Å². The summed E-state index contributed by atoms with van der Waals surface area (Å²) in [6, 6.07) is 3.25. The molecule has 3 aliphatic rings. The van der Waals surface area contributed by atoms with E-state index in [1.807, 2.05) is 4.90 Å². The third-order valence-corrected chi connectivity index (χ3v) is 7.43. The molecule has 2 amide bonds. The van der Waals surface area contributed by atoms with Crippen LogP contribution in [0.1, 0.15) is 56.6 Å². The summed E-state index contributed by atoms with van der Waals surface area (Å²) in [5.74, 6) is 0.592. The third kappa shape index (κ3) is 4.76. The van der Waals surface area contributed by atoms with Crippen molar-refractivity contribution in [1.29, 1.82) is 0 Å². The Morgan fingerprint density at radius 1 is 1.16 bits per heavy atom. The molecule has 0 bridgehead atoms. The van der Waals surface area contributed by atoms with E-state index >= 15 is 0 Å². The maximum Gasteiger partial charge on any atom is 0.417 e. The monoisotopic (exact) mass is 471 g/mol. The molecule has 32 heavy (non-hydrogen) atoms. The van der Waals surface area contributed by atoms with E-state index in [0.717, 1.165) is 12.5 Å². The topological polar surface area (TPSA) is 43.9 Å². The molecule has 5 nitrogen and oxygen atoms in total. The Bertz CT molecular complexity index is 873. The van der Waals surface area contributed by atoms with Crippen LogP contribution in [0.4, 0.5) is 13.2 Å². The molecule has 1 aromatic rings. The zero-order valence-electron chi connectivity index (χ0n) is 18.2. The second kappa shape index (κ2) is 9.21. The van der Waals surface area contributed by atoms with Crippen LogP contribution >= 0.6 is 11.6 Å². The fourth-order valence-corrected chi connectivity index (χ4v) is 5.66. The molecule has 0 radical (unpaired) electrons. The minimum Gasteiger partial charge on any atom is -0.337 e. The van der Waals surface area contributed by atoms with Crippen LogP contribution in [0.5, 0.6) is 0 Å². The van der Waals surface area contributed by atoms with Crippen molar-refractivity contribution in [3.8, 4) is 0 Å². The highest BCUT2D eigenvalue weighted by Gasteiger charge is 2.45. The highest BCUT2D eigenvalue weighted by atomic mass is 35.5. The molecule has 9 heteroatoms. The van der Waals surface area contributed by atoms with Crippen LogP contribution < -0.4 is 0 Å². The van der Waals surface area contributed by atoms with Crippen LogP contribution in [0.3, 0.4) is 0 Å². The highest BCUT2D eigenvalue weighted by molar-refractivity contribution is 6.31. The average Bonchev–Trinajstić information content (AvgIpc) is 3.24. The van der Waals surface area contributed by atoms with E-state index in [-0.39, 0.29) is 29.4 Å². The first-order valence-electron chi connectivity index (χ1n) is 11.3. The van der Waals surface area contributed by atoms with Gasteiger partial charge >= 0.3 is 6.18 Å². The number of fused-ring (bicyclic) bond motifs is 1. The number of amides is 2. The summed E-state index contributed by atoms with van der Waals surface area (Å²) in [6.45, 7) is 3.75. The predicted octanol–water partition coefficient (Wildman–Crippen LogP) is 4.53. The van der Waals surface area contributed by atoms with Gasteiger partial charge in [0.05, 0.1) is 17.1 Å². The molecule has 0 spiro atoms. The lowest BCUT2D eigenvalue weighted by molar-refractivity contribution is -0.169. The summed E-state index contributed by atoms with van der Waals surface area (Å²) in [6.07, 6.45) is 1.42.